The van der Waals surface area contributed by atoms with Gasteiger partial charge >= 0.3 is 0 Å². The Morgan fingerprint density at radius 1 is 1.21 bits per heavy atom. The van der Waals surface area contributed by atoms with E-state index in [4.69, 9.17) is 4.74 Å². The second-order valence-corrected chi connectivity index (χ2v) is 7.22. The van der Waals surface area contributed by atoms with Crippen LogP contribution in [0.25, 0.3) is 0 Å². The largest absolute Gasteiger partial charge is 0.489 e. The van der Waals surface area contributed by atoms with Gasteiger partial charge in [0.2, 0.25) is 0 Å². The second-order valence-electron chi connectivity index (χ2n) is 7.22. The topological polar surface area (TPSA) is 61.8 Å². The fourth-order valence-electron chi connectivity index (χ4n) is 3.28. The Balaban J connectivity index is 0.00000300. The van der Waals surface area contributed by atoms with Crippen molar-refractivity contribution in [2.45, 2.75) is 39.3 Å². The van der Waals surface area contributed by atoms with E-state index >= 15 is 0 Å². The van der Waals surface area contributed by atoms with Crippen molar-refractivity contribution in [2.24, 2.45) is 4.99 Å². The fourth-order valence-corrected chi connectivity index (χ4v) is 3.28. The average molecular weight is 509 g/mol. The molecule has 29 heavy (non-hydrogen) atoms. The number of rotatable bonds is 7. The van der Waals surface area contributed by atoms with Crippen molar-refractivity contribution in [1.29, 1.82) is 0 Å². The van der Waals surface area contributed by atoms with Crippen LogP contribution in [0, 0.1) is 6.92 Å². The number of halogens is 1. The summed E-state index contributed by atoms with van der Waals surface area (Å²) in [6, 6.07) is 12.3. The van der Waals surface area contributed by atoms with Crippen LogP contribution in [0.3, 0.4) is 0 Å². The van der Waals surface area contributed by atoms with Gasteiger partial charge in [-0.3, -0.25) is 4.99 Å². The van der Waals surface area contributed by atoms with Gasteiger partial charge in [-0.05, 0) is 56.0 Å². The highest BCUT2D eigenvalue weighted by Gasteiger charge is 2.13. The van der Waals surface area contributed by atoms with Crippen molar-refractivity contribution in [2.75, 3.05) is 31.6 Å². The van der Waals surface area contributed by atoms with Gasteiger partial charge in [0, 0.05) is 32.9 Å². The quantitative estimate of drug-likeness (QED) is 0.339. The summed E-state index contributed by atoms with van der Waals surface area (Å²) in [7, 11) is 1.78. The van der Waals surface area contributed by atoms with Gasteiger partial charge in [-0.2, -0.15) is 0 Å². The molecule has 2 N–H and O–H groups in total. The lowest BCUT2D eigenvalue weighted by molar-refractivity contribution is 0.222. The number of hydrogen-bond acceptors (Lipinski definition) is 4. The predicted molar refractivity (Wildman–Crippen MR) is 131 cm³/mol. The predicted octanol–water partition coefficient (Wildman–Crippen LogP) is 3.74. The zero-order valence-corrected chi connectivity index (χ0v) is 19.8. The van der Waals surface area contributed by atoms with Gasteiger partial charge in [0.1, 0.15) is 17.7 Å². The number of ether oxygens (including phenoxy) is 1. The molecule has 2 heterocycles. The number of hydrogen-bond donors (Lipinski definition) is 2. The van der Waals surface area contributed by atoms with Crippen LogP contribution in [0.1, 0.15) is 30.9 Å². The third-order valence-electron chi connectivity index (χ3n) is 4.90. The molecule has 0 bridgehead atoms. The molecule has 1 aromatic heterocycles. The van der Waals surface area contributed by atoms with Crippen LogP contribution >= 0.6 is 24.0 Å². The highest BCUT2D eigenvalue weighted by molar-refractivity contribution is 14.0. The van der Waals surface area contributed by atoms with Crippen LogP contribution in [-0.4, -0.2) is 43.7 Å². The first-order valence-electron chi connectivity index (χ1n) is 10.0. The molecule has 0 saturated carbocycles. The van der Waals surface area contributed by atoms with Crippen molar-refractivity contribution in [3.05, 3.63) is 53.7 Å². The van der Waals surface area contributed by atoms with Crippen molar-refractivity contribution in [3.63, 3.8) is 0 Å². The summed E-state index contributed by atoms with van der Waals surface area (Å²) in [5.41, 5.74) is 2.34. The molecule has 1 aliphatic heterocycles. The molecule has 2 aromatic rings. The maximum absolute atomic E-state index is 6.02. The van der Waals surface area contributed by atoms with Crippen LogP contribution in [0.5, 0.6) is 5.75 Å². The minimum absolute atomic E-state index is 0. The number of nitrogens with zero attached hydrogens (tertiary/aromatic N) is 3. The number of guanidine groups is 1. The van der Waals surface area contributed by atoms with Crippen LogP contribution < -0.4 is 20.3 Å². The van der Waals surface area contributed by atoms with E-state index in [1.54, 1.807) is 7.05 Å². The zero-order valence-electron chi connectivity index (χ0n) is 17.5. The molecule has 1 unspecified atom stereocenters. The fraction of sp³-hybridized carbons (Fsp3) is 0.455. The van der Waals surface area contributed by atoms with Gasteiger partial charge < -0.3 is 20.3 Å². The van der Waals surface area contributed by atoms with E-state index in [1.165, 1.54) is 18.4 Å². The molecule has 0 radical (unpaired) electrons. The monoisotopic (exact) mass is 509 g/mol. The van der Waals surface area contributed by atoms with Gasteiger partial charge in [-0.1, -0.05) is 18.2 Å². The van der Waals surface area contributed by atoms with Crippen molar-refractivity contribution in [1.82, 2.24) is 15.6 Å². The molecule has 0 spiro atoms. The van der Waals surface area contributed by atoms with E-state index < -0.39 is 0 Å². The number of aromatic nitrogens is 1. The van der Waals surface area contributed by atoms with E-state index in [0.717, 1.165) is 36.2 Å². The minimum atomic E-state index is 0. The summed E-state index contributed by atoms with van der Waals surface area (Å²) >= 11 is 0. The van der Waals surface area contributed by atoms with Gasteiger partial charge in [0.15, 0.2) is 5.96 Å². The van der Waals surface area contributed by atoms with Crippen LogP contribution in [0.2, 0.25) is 0 Å². The maximum Gasteiger partial charge on any atom is 0.191 e. The molecule has 1 atom stereocenters. The molecule has 0 amide bonds. The van der Waals surface area contributed by atoms with E-state index in [1.807, 2.05) is 30.5 Å². The average Bonchev–Trinajstić information content (AvgIpc) is 3.25. The third kappa shape index (κ3) is 7.06. The first kappa shape index (κ1) is 23.3. The number of anilines is 1. The molecule has 1 aromatic carbocycles. The SMILES string of the molecule is CN=C(NCc1ccnc(N2CCCC2)c1)NCC(C)Oc1ccccc1C.I. The molecule has 1 saturated heterocycles. The lowest BCUT2D eigenvalue weighted by Gasteiger charge is -2.19. The lowest BCUT2D eigenvalue weighted by Crippen LogP contribution is -2.41. The zero-order chi connectivity index (χ0) is 19.8. The Morgan fingerprint density at radius 3 is 2.69 bits per heavy atom. The normalized spacial score (nSPS) is 14.9. The Bertz CT molecular complexity index is 792. The summed E-state index contributed by atoms with van der Waals surface area (Å²) in [5.74, 6) is 2.76. The van der Waals surface area contributed by atoms with E-state index in [9.17, 15) is 0 Å². The maximum atomic E-state index is 6.02. The van der Waals surface area contributed by atoms with Gasteiger partial charge in [0.25, 0.3) is 0 Å². The third-order valence-corrected chi connectivity index (χ3v) is 4.90. The number of para-hydroxylation sites is 1. The van der Waals surface area contributed by atoms with Crippen LogP contribution in [0.15, 0.2) is 47.6 Å². The summed E-state index contributed by atoms with van der Waals surface area (Å²) in [4.78, 5) is 11.2. The highest BCUT2D eigenvalue weighted by atomic mass is 127. The number of benzene rings is 1. The summed E-state index contributed by atoms with van der Waals surface area (Å²) in [6.45, 7) is 7.69. The van der Waals surface area contributed by atoms with E-state index in [-0.39, 0.29) is 30.1 Å². The van der Waals surface area contributed by atoms with E-state index in [2.05, 4.69) is 51.5 Å². The molecular weight excluding hydrogens is 477 g/mol. The van der Waals surface area contributed by atoms with Gasteiger partial charge in [0.05, 0.1) is 6.54 Å². The van der Waals surface area contributed by atoms with Crippen LogP contribution in [0.4, 0.5) is 5.82 Å². The van der Waals surface area contributed by atoms with E-state index in [0.29, 0.717) is 13.1 Å². The second kappa shape index (κ2) is 11.8. The molecule has 0 aliphatic carbocycles. The first-order valence-corrected chi connectivity index (χ1v) is 10.0. The number of aliphatic imine (C=N–C) groups is 1. The molecular formula is C22H32IN5O. The molecule has 3 rings (SSSR count). The minimum Gasteiger partial charge on any atom is -0.489 e. The Labute approximate surface area is 191 Å². The van der Waals surface area contributed by atoms with Crippen molar-refractivity contribution < 1.29 is 4.74 Å². The number of pyridine rings is 1. The number of nitrogens with one attached hydrogen (secondary N) is 2. The smallest absolute Gasteiger partial charge is 0.191 e. The van der Waals surface area contributed by atoms with Crippen LogP contribution in [-0.2, 0) is 6.54 Å². The Hall–Kier alpha value is -2.03. The summed E-state index contributed by atoms with van der Waals surface area (Å²) in [6.07, 6.45) is 4.42. The van der Waals surface area contributed by atoms with Crippen molar-refractivity contribution in [3.8, 4) is 5.75 Å². The standard InChI is InChI=1S/C22H31N5O.HI/c1-17-8-4-5-9-20(17)28-18(2)15-25-22(23-3)26-16-19-10-11-24-21(14-19)27-12-6-7-13-27;/h4-5,8-11,14,18H,6-7,12-13,15-16H2,1-3H3,(H2,23,25,26);1H. The lowest BCUT2D eigenvalue weighted by atomic mass is 10.2. The molecule has 1 aliphatic rings. The molecule has 158 valence electrons. The highest BCUT2D eigenvalue weighted by Crippen LogP contribution is 2.19. The molecule has 1 fully saturated rings. The Kier molecular flexibility index (Phi) is 9.50. The summed E-state index contributed by atoms with van der Waals surface area (Å²) < 4.78 is 6.02. The molecule has 6 nitrogen and oxygen atoms in total. The summed E-state index contributed by atoms with van der Waals surface area (Å²) in [5, 5.41) is 6.71. The van der Waals surface area contributed by atoms with Gasteiger partial charge in [-0.25, -0.2) is 4.98 Å². The van der Waals surface area contributed by atoms with Gasteiger partial charge in [-0.15, -0.1) is 24.0 Å². The first-order chi connectivity index (χ1) is 13.7. The van der Waals surface area contributed by atoms with Crippen molar-refractivity contribution >= 4 is 35.8 Å². The Morgan fingerprint density at radius 2 is 1.97 bits per heavy atom. The number of aryl methyl sites for hydroxylation is 1. The molecule has 7 heteroatoms.